The maximum atomic E-state index is 11.5. The second-order valence-electron chi connectivity index (χ2n) is 4.19. The Morgan fingerprint density at radius 1 is 1.47 bits per heavy atom. The van der Waals surface area contributed by atoms with Crippen LogP contribution in [0.4, 0.5) is 0 Å². The molecule has 1 aliphatic rings. The highest BCUT2D eigenvalue weighted by Crippen LogP contribution is 2.22. The Bertz CT molecular complexity index is 330. The minimum absolute atomic E-state index is 0.0752. The van der Waals surface area contributed by atoms with Crippen LogP contribution in [0.15, 0.2) is 12.7 Å². The fourth-order valence-electron chi connectivity index (χ4n) is 1.90. The lowest BCUT2D eigenvalue weighted by molar-refractivity contribution is -0.119. The fourth-order valence-corrected chi connectivity index (χ4v) is 3.76. The first-order chi connectivity index (χ1) is 7.03. The molecule has 3 nitrogen and oxygen atoms in total. The van der Waals surface area contributed by atoms with E-state index in [1.165, 1.54) is 0 Å². The highest BCUT2D eigenvalue weighted by molar-refractivity contribution is 7.91. The van der Waals surface area contributed by atoms with Gasteiger partial charge in [0, 0.05) is 12.8 Å². The van der Waals surface area contributed by atoms with E-state index in [1.807, 2.05) is 0 Å². The van der Waals surface area contributed by atoms with Gasteiger partial charge in [-0.05, 0) is 25.2 Å². The molecule has 1 heterocycles. The first-order valence-corrected chi connectivity index (χ1v) is 7.18. The van der Waals surface area contributed by atoms with E-state index in [1.54, 1.807) is 6.08 Å². The number of carbonyl (C=O) groups excluding carboxylic acids is 1. The third-order valence-electron chi connectivity index (χ3n) is 2.71. The van der Waals surface area contributed by atoms with Crippen molar-refractivity contribution in [1.82, 2.24) is 0 Å². The number of ketones is 1. The highest BCUT2D eigenvalue weighted by Gasteiger charge is 2.28. The summed E-state index contributed by atoms with van der Waals surface area (Å²) >= 11 is 0. The van der Waals surface area contributed by atoms with Crippen molar-refractivity contribution in [2.24, 2.45) is 5.92 Å². The van der Waals surface area contributed by atoms with Crippen molar-refractivity contribution in [1.29, 1.82) is 0 Å². The predicted molar refractivity (Wildman–Crippen MR) is 60.4 cm³/mol. The molecule has 0 spiro atoms. The maximum Gasteiger partial charge on any atom is 0.150 e. The van der Waals surface area contributed by atoms with Gasteiger partial charge in [-0.2, -0.15) is 0 Å². The Morgan fingerprint density at radius 2 is 2.20 bits per heavy atom. The van der Waals surface area contributed by atoms with Crippen molar-refractivity contribution in [2.45, 2.75) is 32.1 Å². The average Bonchev–Trinajstić information content (AvgIpc) is 2.46. The summed E-state index contributed by atoms with van der Waals surface area (Å²) in [6.07, 6.45) is 5.15. The number of rotatable bonds is 6. The largest absolute Gasteiger partial charge is 0.300 e. The lowest BCUT2D eigenvalue weighted by atomic mass is 9.99. The molecule has 0 amide bonds. The van der Waals surface area contributed by atoms with Crippen LogP contribution in [-0.4, -0.2) is 25.7 Å². The van der Waals surface area contributed by atoms with E-state index in [-0.39, 0.29) is 23.2 Å². The summed E-state index contributed by atoms with van der Waals surface area (Å²) in [5.41, 5.74) is 0. The first-order valence-electron chi connectivity index (χ1n) is 5.36. The van der Waals surface area contributed by atoms with Gasteiger partial charge in [-0.25, -0.2) is 8.42 Å². The normalized spacial score (nSPS) is 23.9. The van der Waals surface area contributed by atoms with Crippen LogP contribution in [0.5, 0.6) is 0 Å². The van der Waals surface area contributed by atoms with Gasteiger partial charge in [-0.15, -0.1) is 6.58 Å². The van der Waals surface area contributed by atoms with Crippen molar-refractivity contribution in [3.8, 4) is 0 Å². The Labute approximate surface area is 91.5 Å². The summed E-state index contributed by atoms with van der Waals surface area (Å²) in [6.45, 7) is 3.59. The molecule has 0 bridgehead atoms. The zero-order valence-electron chi connectivity index (χ0n) is 8.94. The molecule has 15 heavy (non-hydrogen) atoms. The molecule has 1 fully saturated rings. The molecular weight excluding hydrogens is 212 g/mol. The number of allylic oxidation sites excluding steroid dienone is 1. The SMILES string of the molecule is C=CCCCC(=O)CC1CCS(=O)(=O)C1. The Morgan fingerprint density at radius 3 is 2.73 bits per heavy atom. The standard InChI is InChI=1S/C11H18O3S/c1-2-3-4-5-11(12)8-10-6-7-15(13,14)9-10/h2,10H,1,3-9H2. The molecule has 0 aliphatic carbocycles. The minimum Gasteiger partial charge on any atom is -0.300 e. The van der Waals surface area contributed by atoms with Crippen molar-refractivity contribution in [3.63, 3.8) is 0 Å². The molecule has 0 radical (unpaired) electrons. The summed E-state index contributed by atoms with van der Waals surface area (Å²) in [5, 5.41) is 0. The smallest absolute Gasteiger partial charge is 0.150 e. The summed E-state index contributed by atoms with van der Waals surface area (Å²) < 4.78 is 22.3. The van der Waals surface area contributed by atoms with Crippen LogP contribution in [0.25, 0.3) is 0 Å². The van der Waals surface area contributed by atoms with Crippen LogP contribution in [0.2, 0.25) is 0 Å². The molecular formula is C11H18O3S. The van der Waals surface area contributed by atoms with E-state index in [2.05, 4.69) is 6.58 Å². The first kappa shape index (κ1) is 12.4. The van der Waals surface area contributed by atoms with E-state index < -0.39 is 9.84 Å². The molecule has 0 aromatic rings. The maximum absolute atomic E-state index is 11.5. The molecule has 1 aliphatic heterocycles. The van der Waals surface area contributed by atoms with E-state index in [9.17, 15) is 13.2 Å². The number of hydrogen-bond donors (Lipinski definition) is 0. The summed E-state index contributed by atoms with van der Waals surface area (Å²) in [5.74, 6) is 0.739. The lowest BCUT2D eigenvalue weighted by Gasteiger charge is -2.05. The molecule has 1 saturated heterocycles. The van der Waals surface area contributed by atoms with Crippen molar-refractivity contribution in [3.05, 3.63) is 12.7 Å². The minimum atomic E-state index is -2.83. The Balaban J connectivity index is 2.24. The van der Waals surface area contributed by atoms with Crippen LogP contribution in [-0.2, 0) is 14.6 Å². The molecule has 1 unspecified atom stereocenters. The van der Waals surface area contributed by atoms with Crippen LogP contribution >= 0.6 is 0 Å². The second kappa shape index (κ2) is 5.45. The Kier molecular flexibility index (Phi) is 4.51. The third kappa shape index (κ3) is 4.60. The van der Waals surface area contributed by atoms with E-state index in [0.717, 1.165) is 12.8 Å². The molecule has 4 heteroatoms. The number of Topliss-reactive ketones (excluding diaryl/α,β-unsaturated/α-hetero) is 1. The van der Waals surface area contributed by atoms with Gasteiger partial charge in [0.2, 0.25) is 0 Å². The average molecular weight is 230 g/mol. The molecule has 1 atom stereocenters. The van der Waals surface area contributed by atoms with Gasteiger partial charge in [-0.1, -0.05) is 6.08 Å². The fraction of sp³-hybridized carbons (Fsp3) is 0.727. The highest BCUT2D eigenvalue weighted by atomic mass is 32.2. The van der Waals surface area contributed by atoms with Gasteiger partial charge < -0.3 is 0 Å². The number of carbonyl (C=O) groups is 1. The van der Waals surface area contributed by atoms with E-state index in [0.29, 0.717) is 19.3 Å². The van der Waals surface area contributed by atoms with Crippen molar-refractivity contribution >= 4 is 15.6 Å². The summed E-state index contributed by atoms with van der Waals surface area (Å²) in [6, 6.07) is 0. The number of hydrogen-bond acceptors (Lipinski definition) is 3. The molecule has 86 valence electrons. The molecule has 1 rings (SSSR count). The summed E-state index contributed by atoms with van der Waals surface area (Å²) in [4.78, 5) is 11.5. The van der Waals surface area contributed by atoms with Crippen LogP contribution in [0.3, 0.4) is 0 Å². The summed E-state index contributed by atoms with van der Waals surface area (Å²) in [7, 11) is -2.83. The van der Waals surface area contributed by atoms with Crippen LogP contribution in [0.1, 0.15) is 32.1 Å². The number of sulfone groups is 1. The second-order valence-corrected chi connectivity index (χ2v) is 6.42. The lowest BCUT2D eigenvalue weighted by Crippen LogP contribution is -2.10. The zero-order valence-corrected chi connectivity index (χ0v) is 9.76. The number of unbranched alkanes of at least 4 members (excludes halogenated alkanes) is 1. The van der Waals surface area contributed by atoms with E-state index >= 15 is 0 Å². The van der Waals surface area contributed by atoms with Crippen LogP contribution in [0, 0.1) is 5.92 Å². The monoisotopic (exact) mass is 230 g/mol. The van der Waals surface area contributed by atoms with Gasteiger partial charge in [0.1, 0.15) is 5.78 Å². The van der Waals surface area contributed by atoms with E-state index in [4.69, 9.17) is 0 Å². The van der Waals surface area contributed by atoms with Gasteiger partial charge in [-0.3, -0.25) is 4.79 Å². The Hall–Kier alpha value is -0.640. The predicted octanol–water partition coefficient (Wildman–Crippen LogP) is 1.74. The third-order valence-corrected chi connectivity index (χ3v) is 4.54. The molecule has 0 aromatic heterocycles. The van der Waals surface area contributed by atoms with Crippen molar-refractivity contribution < 1.29 is 13.2 Å². The van der Waals surface area contributed by atoms with Gasteiger partial charge in [0.05, 0.1) is 11.5 Å². The quantitative estimate of drug-likeness (QED) is 0.516. The van der Waals surface area contributed by atoms with Crippen LogP contribution < -0.4 is 0 Å². The van der Waals surface area contributed by atoms with Gasteiger partial charge >= 0.3 is 0 Å². The topological polar surface area (TPSA) is 51.2 Å². The van der Waals surface area contributed by atoms with Gasteiger partial charge in [0.15, 0.2) is 9.84 Å². The van der Waals surface area contributed by atoms with Gasteiger partial charge in [0.25, 0.3) is 0 Å². The molecule has 0 aromatic carbocycles. The van der Waals surface area contributed by atoms with Crippen molar-refractivity contribution in [2.75, 3.05) is 11.5 Å². The zero-order chi connectivity index (χ0) is 11.3. The molecule has 0 saturated carbocycles. The molecule has 0 N–H and O–H groups in total.